The van der Waals surface area contributed by atoms with E-state index < -0.39 is 0 Å². The second kappa shape index (κ2) is 6.28. The number of hydrogen-bond acceptors (Lipinski definition) is 4. The molecule has 0 bridgehead atoms. The van der Waals surface area contributed by atoms with Crippen molar-refractivity contribution >= 4 is 0 Å². The van der Waals surface area contributed by atoms with Gasteiger partial charge in [0.2, 0.25) is 0 Å². The highest BCUT2D eigenvalue weighted by Crippen LogP contribution is 2.28. The first-order valence-corrected chi connectivity index (χ1v) is 8.08. The SMILES string of the molecule is Cc1cncn(CC2CCN(C3CCCC3O)CC2)c1=O. The first-order valence-electron chi connectivity index (χ1n) is 8.08. The summed E-state index contributed by atoms with van der Waals surface area (Å²) in [6.07, 6.45) is 8.58. The van der Waals surface area contributed by atoms with Crippen LogP contribution in [0.3, 0.4) is 0 Å². The lowest BCUT2D eigenvalue weighted by atomic mass is 9.95. The molecule has 21 heavy (non-hydrogen) atoms. The van der Waals surface area contributed by atoms with Gasteiger partial charge < -0.3 is 5.11 Å². The number of aliphatic hydroxyl groups excluding tert-OH is 1. The Morgan fingerprint density at radius 1 is 1.29 bits per heavy atom. The third-order valence-corrected chi connectivity index (χ3v) is 5.09. The van der Waals surface area contributed by atoms with Gasteiger partial charge in [0.25, 0.3) is 5.56 Å². The summed E-state index contributed by atoms with van der Waals surface area (Å²) in [5.41, 5.74) is 0.794. The Kier molecular flexibility index (Phi) is 4.40. The standard InChI is InChI=1S/C16H25N3O2/c1-12-9-17-11-19(16(12)21)10-13-5-7-18(8-6-13)14-3-2-4-15(14)20/h9,11,13-15,20H,2-8,10H2,1H3. The second-order valence-electron chi connectivity index (χ2n) is 6.58. The molecule has 1 N–H and O–H groups in total. The van der Waals surface area contributed by atoms with Gasteiger partial charge in [-0.25, -0.2) is 4.98 Å². The van der Waals surface area contributed by atoms with Crippen LogP contribution in [-0.2, 0) is 6.54 Å². The topological polar surface area (TPSA) is 58.4 Å². The van der Waals surface area contributed by atoms with E-state index in [1.54, 1.807) is 17.1 Å². The quantitative estimate of drug-likeness (QED) is 0.908. The summed E-state index contributed by atoms with van der Waals surface area (Å²) in [5, 5.41) is 10.0. The van der Waals surface area contributed by atoms with Gasteiger partial charge in [-0.05, 0) is 58.0 Å². The number of aromatic nitrogens is 2. The third-order valence-electron chi connectivity index (χ3n) is 5.09. The zero-order valence-corrected chi connectivity index (χ0v) is 12.7. The Labute approximate surface area is 125 Å². The Morgan fingerprint density at radius 2 is 2.05 bits per heavy atom. The molecule has 1 aromatic rings. The van der Waals surface area contributed by atoms with Gasteiger partial charge in [-0.2, -0.15) is 0 Å². The lowest BCUT2D eigenvalue weighted by Crippen LogP contribution is -2.45. The van der Waals surface area contributed by atoms with Crippen molar-refractivity contribution < 1.29 is 5.11 Å². The highest BCUT2D eigenvalue weighted by molar-refractivity contribution is 5.00. The molecule has 2 fully saturated rings. The van der Waals surface area contributed by atoms with Crippen molar-refractivity contribution in [3.05, 3.63) is 28.4 Å². The van der Waals surface area contributed by atoms with Crippen LogP contribution in [0.25, 0.3) is 0 Å². The van der Waals surface area contributed by atoms with E-state index in [0.717, 1.165) is 51.7 Å². The van der Waals surface area contributed by atoms with E-state index >= 15 is 0 Å². The zero-order chi connectivity index (χ0) is 14.8. The largest absolute Gasteiger partial charge is 0.391 e. The van der Waals surface area contributed by atoms with Crippen molar-refractivity contribution in [3.8, 4) is 0 Å². The number of aliphatic hydroxyl groups is 1. The molecular weight excluding hydrogens is 266 g/mol. The molecule has 2 unspecified atom stereocenters. The summed E-state index contributed by atoms with van der Waals surface area (Å²) in [6, 6.07) is 0.370. The highest BCUT2D eigenvalue weighted by Gasteiger charge is 2.32. The summed E-state index contributed by atoms with van der Waals surface area (Å²) in [6.45, 7) is 4.67. The van der Waals surface area contributed by atoms with E-state index in [2.05, 4.69) is 9.88 Å². The van der Waals surface area contributed by atoms with Crippen molar-refractivity contribution in [1.82, 2.24) is 14.5 Å². The molecule has 3 rings (SSSR count). The molecule has 0 radical (unpaired) electrons. The van der Waals surface area contributed by atoms with Crippen molar-refractivity contribution in [2.24, 2.45) is 5.92 Å². The minimum atomic E-state index is -0.134. The van der Waals surface area contributed by atoms with Crippen LogP contribution in [0.15, 0.2) is 17.3 Å². The summed E-state index contributed by atoms with van der Waals surface area (Å²) in [5.74, 6) is 0.543. The summed E-state index contributed by atoms with van der Waals surface area (Å²) in [4.78, 5) is 18.6. The van der Waals surface area contributed by atoms with Gasteiger partial charge in [0.1, 0.15) is 0 Å². The Morgan fingerprint density at radius 3 is 2.71 bits per heavy atom. The molecule has 2 aliphatic rings. The Hall–Kier alpha value is -1.20. The molecule has 2 heterocycles. The Bertz CT molecular complexity index is 535. The number of piperidine rings is 1. The minimum Gasteiger partial charge on any atom is -0.391 e. The van der Waals surface area contributed by atoms with E-state index in [4.69, 9.17) is 0 Å². The molecule has 1 aromatic heterocycles. The predicted molar refractivity (Wildman–Crippen MR) is 81.2 cm³/mol. The van der Waals surface area contributed by atoms with Crippen LogP contribution in [0.2, 0.25) is 0 Å². The van der Waals surface area contributed by atoms with Gasteiger partial charge in [0, 0.05) is 24.3 Å². The van der Waals surface area contributed by atoms with Gasteiger partial charge in [0.05, 0.1) is 12.4 Å². The first kappa shape index (κ1) is 14.7. The van der Waals surface area contributed by atoms with Crippen molar-refractivity contribution in [3.63, 3.8) is 0 Å². The molecule has 1 aliphatic carbocycles. The average molecular weight is 291 g/mol. The van der Waals surface area contributed by atoms with Crippen LogP contribution in [0.4, 0.5) is 0 Å². The van der Waals surface area contributed by atoms with Gasteiger partial charge in [-0.3, -0.25) is 14.3 Å². The number of likely N-dealkylation sites (tertiary alicyclic amines) is 1. The van der Waals surface area contributed by atoms with Crippen LogP contribution >= 0.6 is 0 Å². The summed E-state index contributed by atoms with van der Waals surface area (Å²) >= 11 is 0. The Balaban J connectivity index is 1.56. The maximum absolute atomic E-state index is 12.0. The third kappa shape index (κ3) is 3.19. The molecule has 0 aromatic carbocycles. The van der Waals surface area contributed by atoms with Crippen LogP contribution < -0.4 is 5.56 Å². The van der Waals surface area contributed by atoms with E-state index in [-0.39, 0.29) is 11.7 Å². The minimum absolute atomic E-state index is 0.0821. The van der Waals surface area contributed by atoms with E-state index in [1.807, 2.05) is 6.92 Å². The van der Waals surface area contributed by atoms with Crippen molar-refractivity contribution in [1.29, 1.82) is 0 Å². The molecule has 2 atom stereocenters. The van der Waals surface area contributed by atoms with Gasteiger partial charge >= 0.3 is 0 Å². The number of rotatable bonds is 3. The summed E-state index contributed by atoms with van der Waals surface area (Å²) < 4.78 is 1.75. The number of hydrogen-bond donors (Lipinski definition) is 1. The maximum Gasteiger partial charge on any atom is 0.256 e. The van der Waals surface area contributed by atoms with Crippen LogP contribution in [0, 0.1) is 12.8 Å². The predicted octanol–water partition coefficient (Wildman–Crippen LogP) is 1.18. The average Bonchev–Trinajstić information content (AvgIpc) is 2.91. The van der Waals surface area contributed by atoms with E-state index in [0.29, 0.717) is 17.5 Å². The molecule has 5 heteroatoms. The van der Waals surface area contributed by atoms with Gasteiger partial charge in [-0.15, -0.1) is 0 Å². The molecule has 5 nitrogen and oxygen atoms in total. The first-order chi connectivity index (χ1) is 10.1. The number of nitrogens with zero attached hydrogens (tertiary/aromatic N) is 3. The molecular formula is C16H25N3O2. The lowest BCUT2D eigenvalue weighted by Gasteiger charge is -2.37. The second-order valence-corrected chi connectivity index (χ2v) is 6.58. The fourth-order valence-corrected chi connectivity index (χ4v) is 3.78. The molecule has 116 valence electrons. The van der Waals surface area contributed by atoms with Gasteiger partial charge in [-0.1, -0.05) is 0 Å². The van der Waals surface area contributed by atoms with Crippen molar-refractivity contribution in [2.75, 3.05) is 13.1 Å². The molecule has 1 saturated carbocycles. The highest BCUT2D eigenvalue weighted by atomic mass is 16.3. The monoisotopic (exact) mass is 291 g/mol. The summed E-state index contributed by atoms with van der Waals surface area (Å²) in [7, 11) is 0. The zero-order valence-electron chi connectivity index (χ0n) is 12.7. The van der Waals surface area contributed by atoms with Gasteiger partial charge in [0.15, 0.2) is 0 Å². The lowest BCUT2D eigenvalue weighted by molar-refractivity contribution is 0.0460. The van der Waals surface area contributed by atoms with Crippen LogP contribution in [-0.4, -0.2) is 44.8 Å². The smallest absolute Gasteiger partial charge is 0.256 e. The molecule has 0 amide bonds. The molecule has 1 saturated heterocycles. The number of aryl methyl sites for hydroxylation is 1. The normalized spacial score (nSPS) is 28.1. The maximum atomic E-state index is 12.0. The van der Waals surface area contributed by atoms with Crippen molar-refractivity contribution in [2.45, 2.75) is 57.7 Å². The molecule has 1 aliphatic heterocycles. The van der Waals surface area contributed by atoms with E-state index in [1.165, 1.54) is 0 Å². The van der Waals surface area contributed by atoms with Crippen LogP contribution in [0.5, 0.6) is 0 Å². The fourth-order valence-electron chi connectivity index (χ4n) is 3.78. The van der Waals surface area contributed by atoms with Crippen LogP contribution in [0.1, 0.15) is 37.7 Å². The molecule has 0 spiro atoms. The fraction of sp³-hybridized carbons (Fsp3) is 0.750. The van der Waals surface area contributed by atoms with E-state index in [9.17, 15) is 9.90 Å².